The SMILES string of the molecule is CC(C)=CCCC(C)=CCCC(C)=CCCC(C)OC(=O)NC(C)C. The second kappa shape index (κ2) is 13.7. The number of hydrogen-bond donors (Lipinski definition) is 1. The van der Waals surface area contributed by atoms with Crippen molar-refractivity contribution in [3.8, 4) is 0 Å². The van der Waals surface area contributed by atoms with Crippen molar-refractivity contribution in [3.63, 3.8) is 0 Å². The van der Waals surface area contributed by atoms with E-state index in [1.165, 1.54) is 16.7 Å². The van der Waals surface area contributed by atoms with Crippen molar-refractivity contribution in [2.75, 3.05) is 0 Å². The third-order valence-corrected chi connectivity index (χ3v) is 3.90. The molecule has 0 spiro atoms. The van der Waals surface area contributed by atoms with E-state index >= 15 is 0 Å². The van der Waals surface area contributed by atoms with E-state index in [1.54, 1.807) is 0 Å². The standard InChI is InChI=1S/C22H39NO2/c1-17(2)11-8-12-19(5)13-9-14-20(6)15-10-16-21(7)25-22(24)23-18(3)4/h11,13,15,18,21H,8-10,12,14,16H2,1-7H3,(H,23,24). The molecule has 0 saturated carbocycles. The monoisotopic (exact) mass is 349 g/mol. The molecule has 0 aliphatic rings. The molecule has 0 aromatic rings. The summed E-state index contributed by atoms with van der Waals surface area (Å²) in [7, 11) is 0. The number of ether oxygens (including phenoxy) is 1. The molecule has 1 atom stereocenters. The summed E-state index contributed by atoms with van der Waals surface area (Å²) in [6.45, 7) is 14.5. The number of carbonyl (C=O) groups excluding carboxylic acids is 1. The number of amides is 1. The topological polar surface area (TPSA) is 38.3 Å². The second-order valence-electron chi connectivity index (χ2n) is 7.55. The van der Waals surface area contributed by atoms with Crippen molar-refractivity contribution in [1.82, 2.24) is 5.32 Å². The van der Waals surface area contributed by atoms with Gasteiger partial charge < -0.3 is 10.1 Å². The summed E-state index contributed by atoms with van der Waals surface area (Å²) < 4.78 is 5.32. The van der Waals surface area contributed by atoms with Gasteiger partial charge in [0.2, 0.25) is 0 Å². The van der Waals surface area contributed by atoms with Crippen molar-refractivity contribution >= 4 is 6.09 Å². The number of carbonyl (C=O) groups is 1. The van der Waals surface area contributed by atoms with Gasteiger partial charge in [0.1, 0.15) is 6.10 Å². The highest BCUT2D eigenvalue weighted by Crippen LogP contribution is 2.13. The Kier molecular flexibility index (Phi) is 12.9. The Morgan fingerprint density at radius 3 is 1.92 bits per heavy atom. The van der Waals surface area contributed by atoms with Gasteiger partial charge in [-0.1, -0.05) is 34.9 Å². The van der Waals surface area contributed by atoms with Crippen LogP contribution in [0.25, 0.3) is 0 Å². The molecular weight excluding hydrogens is 310 g/mol. The second-order valence-corrected chi connectivity index (χ2v) is 7.55. The highest BCUT2D eigenvalue weighted by Gasteiger charge is 2.09. The van der Waals surface area contributed by atoms with Gasteiger partial charge in [-0.05, 0) is 87.0 Å². The lowest BCUT2D eigenvalue weighted by Crippen LogP contribution is -2.32. The lowest BCUT2D eigenvalue weighted by Gasteiger charge is -2.14. The first-order valence-corrected chi connectivity index (χ1v) is 9.62. The molecule has 1 N–H and O–H groups in total. The Balaban J connectivity index is 3.97. The molecule has 1 amide bonds. The largest absolute Gasteiger partial charge is 0.447 e. The quantitative estimate of drug-likeness (QED) is 0.421. The summed E-state index contributed by atoms with van der Waals surface area (Å²) >= 11 is 0. The van der Waals surface area contributed by atoms with Crippen molar-refractivity contribution in [1.29, 1.82) is 0 Å². The zero-order valence-corrected chi connectivity index (χ0v) is 17.4. The van der Waals surface area contributed by atoms with Gasteiger partial charge in [-0.3, -0.25) is 0 Å². The maximum absolute atomic E-state index is 11.5. The molecule has 1 unspecified atom stereocenters. The number of hydrogen-bond acceptors (Lipinski definition) is 2. The Labute approximate surface area is 155 Å². The smallest absolute Gasteiger partial charge is 0.407 e. The summed E-state index contributed by atoms with van der Waals surface area (Å²) in [5.74, 6) is 0. The lowest BCUT2D eigenvalue weighted by molar-refractivity contribution is 0.101. The van der Waals surface area contributed by atoms with Crippen LogP contribution < -0.4 is 5.32 Å². The molecule has 3 nitrogen and oxygen atoms in total. The third-order valence-electron chi connectivity index (χ3n) is 3.90. The molecule has 0 rings (SSSR count). The van der Waals surface area contributed by atoms with E-state index in [4.69, 9.17) is 4.74 Å². The minimum absolute atomic E-state index is 0.0555. The van der Waals surface area contributed by atoms with E-state index in [0.29, 0.717) is 0 Å². The first kappa shape index (κ1) is 23.5. The van der Waals surface area contributed by atoms with Crippen LogP contribution in [-0.4, -0.2) is 18.2 Å². The highest BCUT2D eigenvalue weighted by atomic mass is 16.6. The van der Waals surface area contributed by atoms with Gasteiger partial charge in [0.05, 0.1) is 0 Å². The Morgan fingerprint density at radius 1 is 0.880 bits per heavy atom. The molecule has 0 heterocycles. The molecule has 25 heavy (non-hydrogen) atoms. The molecule has 0 aromatic carbocycles. The van der Waals surface area contributed by atoms with Gasteiger partial charge >= 0.3 is 6.09 Å². The molecule has 0 radical (unpaired) electrons. The van der Waals surface area contributed by atoms with E-state index in [9.17, 15) is 4.79 Å². The molecule has 0 saturated heterocycles. The minimum Gasteiger partial charge on any atom is -0.447 e. The van der Waals surface area contributed by atoms with E-state index in [-0.39, 0.29) is 18.2 Å². The molecule has 0 bridgehead atoms. The van der Waals surface area contributed by atoms with Crippen molar-refractivity contribution in [2.45, 2.75) is 99.1 Å². The van der Waals surface area contributed by atoms with E-state index in [1.807, 2.05) is 20.8 Å². The fourth-order valence-corrected chi connectivity index (χ4v) is 2.41. The van der Waals surface area contributed by atoms with E-state index in [2.05, 4.69) is 51.2 Å². The van der Waals surface area contributed by atoms with Crippen LogP contribution in [0.5, 0.6) is 0 Å². The Morgan fingerprint density at radius 2 is 1.40 bits per heavy atom. The number of allylic oxidation sites excluding steroid dienone is 6. The van der Waals surface area contributed by atoms with Gasteiger partial charge in [-0.2, -0.15) is 0 Å². The highest BCUT2D eigenvalue weighted by molar-refractivity contribution is 5.67. The number of nitrogens with one attached hydrogen (secondary N) is 1. The number of rotatable bonds is 11. The lowest BCUT2D eigenvalue weighted by atomic mass is 10.1. The third kappa shape index (κ3) is 15.7. The Bertz CT molecular complexity index is 468. The van der Waals surface area contributed by atoms with Crippen molar-refractivity contribution in [2.24, 2.45) is 0 Å². The average Bonchev–Trinajstić information content (AvgIpc) is 2.45. The Hall–Kier alpha value is -1.51. The summed E-state index contributed by atoms with van der Waals surface area (Å²) in [5.41, 5.74) is 4.28. The maximum Gasteiger partial charge on any atom is 0.407 e. The molecular formula is C22H39NO2. The van der Waals surface area contributed by atoms with Gasteiger partial charge in [0.25, 0.3) is 0 Å². The molecule has 144 valence electrons. The van der Waals surface area contributed by atoms with Crippen LogP contribution in [0.2, 0.25) is 0 Å². The van der Waals surface area contributed by atoms with Crippen LogP contribution in [0.3, 0.4) is 0 Å². The zero-order valence-electron chi connectivity index (χ0n) is 17.4. The summed E-state index contributed by atoms with van der Waals surface area (Å²) in [4.78, 5) is 11.5. The predicted octanol–water partition coefficient (Wildman–Crippen LogP) is 6.71. The zero-order chi connectivity index (χ0) is 19.2. The van der Waals surface area contributed by atoms with Crippen LogP contribution in [-0.2, 0) is 4.74 Å². The van der Waals surface area contributed by atoms with Crippen LogP contribution in [0.1, 0.15) is 87.0 Å². The van der Waals surface area contributed by atoms with Crippen LogP contribution in [0, 0.1) is 0 Å². The molecule has 0 aliphatic carbocycles. The fourth-order valence-electron chi connectivity index (χ4n) is 2.41. The molecule has 3 heteroatoms. The van der Waals surface area contributed by atoms with Gasteiger partial charge in [0, 0.05) is 6.04 Å². The summed E-state index contributed by atoms with van der Waals surface area (Å²) in [6, 6.07) is 0.111. The maximum atomic E-state index is 11.5. The van der Waals surface area contributed by atoms with Crippen LogP contribution >= 0.6 is 0 Å². The van der Waals surface area contributed by atoms with Gasteiger partial charge in [-0.25, -0.2) is 4.79 Å². The van der Waals surface area contributed by atoms with Crippen molar-refractivity contribution < 1.29 is 9.53 Å². The summed E-state index contributed by atoms with van der Waals surface area (Å²) in [6.07, 6.45) is 12.9. The van der Waals surface area contributed by atoms with Crippen LogP contribution in [0.15, 0.2) is 34.9 Å². The molecule has 0 fully saturated rings. The molecule has 0 aliphatic heterocycles. The first-order chi connectivity index (χ1) is 11.7. The summed E-state index contributed by atoms with van der Waals surface area (Å²) in [5, 5.41) is 2.75. The van der Waals surface area contributed by atoms with Gasteiger partial charge in [0.15, 0.2) is 0 Å². The minimum atomic E-state index is -0.322. The van der Waals surface area contributed by atoms with Gasteiger partial charge in [-0.15, -0.1) is 0 Å². The fraction of sp³-hybridized carbons (Fsp3) is 0.682. The average molecular weight is 350 g/mol. The first-order valence-electron chi connectivity index (χ1n) is 9.62. The van der Waals surface area contributed by atoms with E-state index < -0.39 is 0 Å². The van der Waals surface area contributed by atoms with Crippen LogP contribution in [0.4, 0.5) is 4.79 Å². The number of alkyl carbamates (subject to hydrolysis) is 1. The predicted molar refractivity (Wildman–Crippen MR) is 109 cm³/mol. The molecule has 0 aromatic heterocycles. The normalized spacial score (nSPS) is 13.6. The van der Waals surface area contributed by atoms with E-state index in [0.717, 1.165) is 38.5 Å². The van der Waals surface area contributed by atoms with Crippen molar-refractivity contribution in [3.05, 3.63) is 34.9 Å².